The number of amidine groups is 1. The second-order valence-electron chi connectivity index (χ2n) is 6.57. The minimum Gasteiger partial charge on any atom is -0.270 e. The predicted molar refractivity (Wildman–Crippen MR) is 91.2 cm³/mol. The Morgan fingerprint density at radius 3 is 2.54 bits per heavy atom. The quantitative estimate of drug-likeness (QED) is 0.567. The van der Waals surface area contributed by atoms with Crippen LogP contribution in [0.3, 0.4) is 0 Å². The molecule has 24 heavy (non-hydrogen) atoms. The molecule has 1 saturated heterocycles. The standard InChI is InChI=1S/C16H25N6O2/c1-6-7-8-9-21-15-17-13-12(22(15)11(3)10(2)18-21)14(23)20(5)16(24)19(13)4/h11-12H,6-9H2,1-5H3/q+1. The van der Waals surface area contributed by atoms with Crippen LogP contribution in [-0.4, -0.2) is 81.6 Å². The van der Waals surface area contributed by atoms with E-state index in [-0.39, 0.29) is 18.0 Å². The van der Waals surface area contributed by atoms with Crippen LogP contribution in [0.25, 0.3) is 0 Å². The Kier molecular flexibility index (Phi) is 4.15. The van der Waals surface area contributed by atoms with Crippen LogP contribution in [0.15, 0.2) is 10.1 Å². The van der Waals surface area contributed by atoms with Gasteiger partial charge in [0.15, 0.2) is 0 Å². The second kappa shape index (κ2) is 5.99. The van der Waals surface area contributed by atoms with Gasteiger partial charge in [0, 0.05) is 14.1 Å². The van der Waals surface area contributed by atoms with Crippen molar-refractivity contribution < 1.29 is 14.2 Å². The number of guanidine groups is 1. The van der Waals surface area contributed by atoms with Gasteiger partial charge >= 0.3 is 12.0 Å². The van der Waals surface area contributed by atoms with E-state index in [9.17, 15) is 9.59 Å². The monoisotopic (exact) mass is 333 g/mol. The van der Waals surface area contributed by atoms with Gasteiger partial charge in [-0.25, -0.2) is 9.37 Å². The van der Waals surface area contributed by atoms with Crippen LogP contribution < -0.4 is 0 Å². The zero-order valence-electron chi connectivity index (χ0n) is 15.0. The second-order valence-corrected chi connectivity index (χ2v) is 6.57. The van der Waals surface area contributed by atoms with Crippen molar-refractivity contribution in [2.24, 2.45) is 10.1 Å². The van der Waals surface area contributed by atoms with Gasteiger partial charge in [-0.3, -0.25) is 14.6 Å². The summed E-state index contributed by atoms with van der Waals surface area (Å²) >= 11 is 0. The number of likely N-dealkylation sites (N-methyl/N-ethyl adjacent to an activating group) is 2. The molecule has 0 aromatic rings. The highest BCUT2D eigenvalue weighted by Gasteiger charge is 2.55. The van der Waals surface area contributed by atoms with Crippen molar-refractivity contribution in [3.8, 4) is 0 Å². The lowest BCUT2D eigenvalue weighted by Crippen LogP contribution is -2.63. The first-order chi connectivity index (χ1) is 11.4. The molecule has 8 heteroatoms. The number of fused-ring (bicyclic) bond motifs is 2. The topological polar surface area (TPSA) is 71.6 Å². The molecular weight excluding hydrogens is 308 g/mol. The molecule has 130 valence electrons. The van der Waals surface area contributed by atoms with E-state index in [1.54, 1.807) is 7.05 Å². The summed E-state index contributed by atoms with van der Waals surface area (Å²) in [5.74, 6) is 0.935. The molecule has 0 radical (unpaired) electrons. The van der Waals surface area contributed by atoms with Crippen molar-refractivity contribution in [2.75, 3.05) is 20.6 Å². The highest BCUT2D eigenvalue weighted by Crippen LogP contribution is 2.24. The molecule has 8 nitrogen and oxygen atoms in total. The maximum atomic E-state index is 12.7. The van der Waals surface area contributed by atoms with Crippen molar-refractivity contribution in [1.82, 2.24) is 14.8 Å². The maximum absolute atomic E-state index is 12.7. The van der Waals surface area contributed by atoms with E-state index in [2.05, 4.69) is 17.0 Å². The van der Waals surface area contributed by atoms with E-state index in [0.717, 1.165) is 31.5 Å². The number of hydrogen-bond acceptors (Lipinski definition) is 5. The maximum Gasteiger partial charge on any atom is 0.416 e. The average molecular weight is 333 g/mol. The van der Waals surface area contributed by atoms with Gasteiger partial charge in [-0.15, -0.1) is 10.1 Å². The largest absolute Gasteiger partial charge is 0.416 e. The molecular formula is C16H25N6O2+. The lowest BCUT2D eigenvalue weighted by atomic mass is 10.1. The van der Waals surface area contributed by atoms with Gasteiger partial charge in [0.2, 0.25) is 11.9 Å². The summed E-state index contributed by atoms with van der Waals surface area (Å²) in [6, 6.07) is -0.937. The number of aliphatic imine (C=N–C) groups is 1. The van der Waals surface area contributed by atoms with E-state index in [1.165, 1.54) is 16.8 Å². The molecule has 0 aromatic carbocycles. The highest BCUT2D eigenvalue weighted by molar-refractivity contribution is 6.23. The Balaban J connectivity index is 1.99. The Bertz CT molecular complexity index is 680. The van der Waals surface area contributed by atoms with E-state index >= 15 is 0 Å². The lowest BCUT2D eigenvalue weighted by molar-refractivity contribution is -0.559. The van der Waals surface area contributed by atoms with Crippen molar-refractivity contribution in [3.63, 3.8) is 0 Å². The normalized spacial score (nSPS) is 26.6. The minimum atomic E-state index is -0.554. The molecule has 1 fully saturated rings. The number of rotatable bonds is 4. The fourth-order valence-corrected chi connectivity index (χ4v) is 3.32. The summed E-state index contributed by atoms with van der Waals surface area (Å²) in [4.78, 5) is 32.2. The third kappa shape index (κ3) is 2.32. The Morgan fingerprint density at radius 1 is 1.17 bits per heavy atom. The number of carbonyl (C=O) groups excluding carboxylic acids is 2. The fourth-order valence-electron chi connectivity index (χ4n) is 3.32. The number of nitrogens with zero attached hydrogens (tertiary/aromatic N) is 6. The number of urea groups is 1. The first-order valence-electron chi connectivity index (χ1n) is 8.50. The number of hydrazone groups is 1. The zero-order valence-corrected chi connectivity index (χ0v) is 15.0. The average Bonchev–Trinajstić information content (AvgIpc) is 2.96. The summed E-state index contributed by atoms with van der Waals surface area (Å²) in [6.07, 6.45) is 3.26. The molecule has 2 atom stereocenters. The highest BCUT2D eigenvalue weighted by atomic mass is 16.2. The predicted octanol–water partition coefficient (Wildman–Crippen LogP) is 0.930. The summed E-state index contributed by atoms with van der Waals surface area (Å²) in [5.41, 5.74) is 0.946. The van der Waals surface area contributed by atoms with E-state index in [0.29, 0.717) is 11.8 Å². The molecule has 0 aromatic heterocycles. The molecule has 3 amide bonds. The molecule has 0 aliphatic carbocycles. The molecule has 3 rings (SSSR count). The van der Waals surface area contributed by atoms with Crippen molar-refractivity contribution in [3.05, 3.63) is 0 Å². The van der Waals surface area contributed by atoms with Crippen LogP contribution in [-0.2, 0) is 4.79 Å². The molecule has 0 bridgehead atoms. The fraction of sp³-hybridized carbons (Fsp3) is 0.688. The van der Waals surface area contributed by atoms with Gasteiger partial charge in [0.05, 0.1) is 12.3 Å². The molecule has 2 unspecified atom stereocenters. The number of imide groups is 1. The van der Waals surface area contributed by atoms with Gasteiger partial charge in [-0.2, -0.15) is 0 Å². The number of carbonyl (C=O) groups is 2. The number of unbranched alkanes of at least 4 members (excludes halogenated alkanes) is 2. The van der Waals surface area contributed by atoms with Crippen LogP contribution in [0.2, 0.25) is 0 Å². The van der Waals surface area contributed by atoms with Crippen LogP contribution in [0.5, 0.6) is 0 Å². The van der Waals surface area contributed by atoms with Gasteiger partial charge in [0.1, 0.15) is 6.04 Å². The van der Waals surface area contributed by atoms with Gasteiger partial charge in [-0.05, 0) is 20.3 Å². The molecule has 0 saturated carbocycles. The first-order valence-corrected chi connectivity index (χ1v) is 8.50. The molecule has 0 spiro atoms. The third-order valence-corrected chi connectivity index (χ3v) is 4.95. The third-order valence-electron chi connectivity index (χ3n) is 4.95. The Morgan fingerprint density at radius 2 is 1.88 bits per heavy atom. The summed E-state index contributed by atoms with van der Waals surface area (Å²) in [6.45, 7) is 6.91. The minimum absolute atomic E-state index is 0.0346. The molecule has 3 heterocycles. The molecule has 3 aliphatic heterocycles. The van der Waals surface area contributed by atoms with Crippen LogP contribution in [0, 0.1) is 0 Å². The number of hydrogen-bond donors (Lipinski definition) is 0. The summed E-state index contributed by atoms with van der Waals surface area (Å²) in [5, 5.41) is 6.54. The smallest absolute Gasteiger partial charge is 0.270 e. The van der Waals surface area contributed by atoms with Crippen molar-refractivity contribution >= 4 is 29.4 Å². The first kappa shape index (κ1) is 16.6. The SMILES string of the molecule is CCCCCN1N=C(C)C(C)[N+]2=C1N=C1C2C(=O)N(C)C(=O)N1C. The molecule has 0 N–H and O–H groups in total. The zero-order chi connectivity index (χ0) is 17.6. The molecule has 3 aliphatic rings. The summed E-state index contributed by atoms with van der Waals surface area (Å²) in [7, 11) is 3.18. The number of amides is 3. The van der Waals surface area contributed by atoms with Crippen LogP contribution in [0.4, 0.5) is 4.79 Å². The van der Waals surface area contributed by atoms with Crippen LogP contribution in [0.1, 0.15) is 40.0 Å². The van der Waals surface area contributed by atoms with E-state index in [1.807, 2.05) is 23.4 Å². The Labute approximate surface area is 142 Å². The van der Waals surface area contributed by atoms with Gasteiger partial charge < -0.3 is 0 Å². The van der Waals surface area contributed by atoms with Crippen molar-refractivity contribution in [2.45, 2.75) is 52.1 Å². The van der Waals surface area contributed by atoms with Crippen molar-refractivity contribution in [1.29, 1.82) is 0 Å². The van der Waals surface area contributed by atoms with Crippen LogP contribution >= 0.6 is 0 Å². The Hall–Kier alpha value is -2.25. The van der Waals surface area contributed by atoms with E-state index < -0.39 is 6.04 Å². The van der Waals surface area contributed by atoms with E-state index in [4.69, 9.17) is 0 Å². The van der Waals surface area contributed by atoms with Gasteiger partial charge in [-0.1, -0.05) is 24.8 Å². The lowest BCUT2D eigenvalue weighted by Gasteiger charge is -2.33. The summed E-state index contributed by atoms with van der Waals surface area (Å²) < 4.78 is 1.99. The van der Waals surface area contributed by atoms with Gasteiger partial charge in [0.25, 0.3) is 5.91 Å².